The van der Waals surface area contributed by atoms with Crippen LogP contribution < -0.4 is 5.32 Å². The first-order valence-electron chi connectivity index (χ1n) is 11.1. The van der Waals surface area contributed by atoms with Crippen molar-refractivity contribution in [3.63, 3.8) is 0 Å². The van der Waals surface area contributed by atoms with Gasteiger partial charge in [0.2, 0.25) is 10.0 Å². The molecule has 0 saturated carbocycles. The minimum absolute atomic E-state index is 0.146. The van der Waals surface area contributed by atoms with Crippen LogP contribution in [0.5, 0.6) is 0 Å². The molecular weight excluding hydrogens is 428 g/mol. The van der Waals surface area contributed by atoms with E-state index in [1.54, 1.807) is 41.6 Å². The van der Waals surface area contributed by atoms with Crippen LogP contribution in [0.25, 0.3) is 0 Å². The van der Waals surface area contributed by atoms with Crippen LogP contribution in [0.2, 0.25) is 0 Å². The number of sulfonamides is 1. The number of urea groups is 1. The molecule has 172 valence electrons. The van der Waals surface area contributed by atoms with Crippen molar-refractivity contribution in [2.45, 2.75) is 44.3 Å². The number of rotatable bonds is 9. The summed E-state index contributed by atoms with van der Waals surface area (Å²) in [6, 6.07) is 8.53. The second-order valence-corrected chi connectivity index (χ2v) is 10.3. The zero-order valence-electron chi connectivity index (χ0n) is 18.4. The van der Waals surface area contributed by atoms with E-state index in [1.165, 1.54) is 4.31 Å². The minimum Gasteiger partial charge on any atom is -0.381 e. The van der Waals surface area contributed by atoms with Crippen LogP contribution in [0.1, 0.15) is 36.5 Å². The first kappa shape index (κ1) is 22.7. The Balaban J connectivity index is 1.24. The number of fused-ring (bicyclic) bond motifs is 1. The molecule has 1 N–H and O–H groups in total. The fraction of sp³-hybridized carbons (Fsp3) is 0.478. The van der Waals surface area contributed by atoms with Gasteiger partial charge in [0, 0.05) is 58.3 Å². The van der Waals surface area contributed by atoms with Crippen molar-refractivity contribution < 1.29 is 17.9 Å². The van der Waals surface area contributed by atoms with Crippen molar-refractivity contribution in [1.29, 1.82) is 0 Å². The highest BCUT2D eigenvalue weighted by Crippen LogP contribution is 2.27. The molecule has 1 aromatic carbocycles. The number of amides is 2. The fourth-order valence-corrected chi connectivity index (χ4v) is 5.57. The van der Waals surface area contributed by atoms with Crippen molar-refractivity contribution in [3.05, 3.63) is 59.4 Å². The average Bonchev–Trinajstić information content (AvgIpc) is 3.20. The Hall–Kier alpha value is -2.49. The van der Waals surface area contributed by atoms with Gasteiger partial charge in [-0.05, 0) is 53.6 Å². The van der Waals surface area contributed by atoms with Crippen molar-refractivity contribution >= 4 is 16.1 Å². The molecule has 0 atom stereocenters. The monoisotopic (exact) mass is 458 g/mol. The normalized spacial score (nSPS) is 16.6. The van der Waals surface area contributed by atoms with E-state index in [1.807, 2.05) is 6.07 Å². The molecule has 0 unspecified atom stereocenters. The molecule has 1 fully saturated rings. The van der Waals surface area contributed by atoms with E-state index in [-0.39, 0.29) is 10.9 Å². The number of nitrogens with zero attached hydrogens (tertiary/aromatic N) is 3. The van der Waals surface area contributed by atoms with Crippen LogP contribution in [0.4, 0.5) is 4.79 Å². The predicted octanol–water partition coefficient (Wildman–Crippen LogP) is 2.74. The average molecular weight is 459 g/mol. The molecule has 1 saturated heterocycles. The van der Waals surface area contributed by atoms with Gasteiger partial charge in [0.25, 0.3) is 0 Å². The highest BCUT2D eigenvalue weighted by molar-refractivity contribution is 7.89. The number of benzene rings is 1. The van der Waals surface area contributed by atoms with Gasteiger partial charge >= 0.3 is 6.03 Å². The number of hydrogen-bond donors (Lipinski definition) is 1. The van der Waals surface area contributed by atoms with Gasteiger partial charge in [-0.25, -0.2) is 13.2 Å². The third kappa shape index (κ3) is 5.11. The summed E-state index contributed by atoms with van der Waals surface area (Å²) in [4.78, 5) is 18.6. The van der Waals surface area contributed by atoms with Crippen LogP contribution in [0.15, 0.2) is 47.6 Å². The summed E-state index contributed by atoms with van der Waals surface area (Å²) in [7, 11) is -3.47. The molecule has 9 heteroatoms. The zero-order valence-corrected chi connectivity index (χ0v) is 19.2. The third-order valence-electron chi connectivity index (χ3n) is 5.96. The maximum atomic E-state index is 12.8. The molecule has 8 nitrogen and oxygen atoms in total. The molecular formula is C23H30N4O4S. The lowest BCUT2D eigenvalue weighted by Gasteiger charge is -2.38. The van der Waals surface area contributed by atoms with Crippen LogP contribution in [0.3, 0.4) is 0 Å². The van der Waals surface area contributed by atoms with Gasteiger partial charge in [0.15, 0.2) is 0 Å². The lowest BCUT2D eigenvalue weighted by Crippen LogP contribution is -2.50. The lowest BCUT2D eigenvalue weighted by atomic mass is 10.0. The number of nitrogens with one attached hydrogen (secondary N) is 1. The van der Waals surface area contributed by atoms with Gasteiger partial charge in [0.05, 0.1) is 4.90 Å². The SMILES string of the molecule is CCCOCCC1CN(S(=O)(=O)c2ccc(CNC(=O)N3Cc4ccncc4C3)cc2)C1. The number of pyridine rings is 1. The molecule has 0 radical (unpaired) electrons. The smallest absolute Gasteiger partial charge is 0.318 e. The summed E-state index contributed by atoms with van der Waals surface area (Å²) in [5.74, 6) is 0.364. The van der Waals surface area contributed by atoms with E-state index in [4.69, 9.17) is 4.74 Å². The first-order chi connectivity index (χ1) is 15.5. The first-order valence-corrected chi connectivity index (χ1v) is 12.5. The van der Waals surface area contributed by atoms with Crippen LogP contribution in [-0.4, -0.2) is 54.9 Å². The molecule has 2 amide bonds. The Morgan fingerprint density at radius 2 is 1.88 bits per heavy atom. The van der Waals surface area contributed by atoms with E-state index in [2.05, 4.69) is 17.2 Å². The molecule has 2 aliphatic heterocycles. The number of carbonyl (C=O) groups excluding carboxylic acids is 1. The Labute approximate surface area is 189 Å². The van der Waals surface area contributed by atoms with Crippen molar-refractivity contribution in [2.75, 3.05) is 26.3 Å². The topological polar surface area (TPSA) is 91.8 Å². The third-order valence-corrected chi connectivity index (χ3v) is 7.81. The highest BCUT2D eigenvalue weighted by atomic mass is 32.2. The Bertz CT molecular complexity index is 1010. The van der Waals surface area contributed by atoms with Gasteiger partial charge in [-0.15, -0.1) is 0 Å². The summed E-state index contributed by atoms with van der Waals surface area (Å²) < 4.78 is 32.6. The second kappa shape index (κ2) is 9.97. The summed E-state index contributed by atoms with van der Waals surface area (Å²) >= 11 is 0. The van der Waals surface area contributed by atoms with E-state index in [0.29, 0.717) is 45.2 Å². The Kier molecular flexibility index (Phi) is 7.07. The Morgan fingerprint density at radius 3 is 2.59 bits per heavy atom. The molecule has 0 aliphatic carbocycles. The minimum atomic E-state index is -3.47. The number of ether oxygens (including phenoxy) is 1. The van der Waals surface area contributed by atoms with E-state index >= 15 is 0 Å². The second-order valence-electron chi connectivity index (χ2n) is 8.39. The quantitative estimate of drug-likeness (QED) is 0.584. The maximum Gasteiger partial charge on any atom is 0.318 e. The number of hydrogen-bond acceptors (Lipinski definition) is 5. The Morgan fingerprint density at radius 1 is 1.12 bits per heavy atom. The molecule has 4 rings (SSSR count). The molecule has 0 spiro atoms. The molecule has 32 heavy (non-hydrogen) atoms. The molecule has 2 aromatic rings. The summed E-state index contributed by atoms with van der Waals surface area (Å²) in [6.45, 7) is 6.07. The van der Waals surface area contributed by atoms with Crippen LogP contribution >= 0.6 is 0 Å². The molecule has 0 bridgehead atoms. The van der Waals surface area contributed by atoms with Gasteiger partial charge in [-0.2, -0.15) is 4.31 Å². The van der Waals surface area contributed by atoms with Gasteiger partial charge in [-0.1, -0.05) is 19.1 Å². The number of aromatic nitrogens is 1. The molecule has 2 aliphatic rings. The summed E-state index contributed by atoms with van der Waals surface area (Å²) in [6.07, 6.45) is 5.42. The molecule has 1 aromatic heterocycles. The van der Waals surface area contributed by atoms with E-state index in [9.17, 15) is 13.2 Å². The largest absolute Gasteiger partial charge is 0.381 e. The maximum absolute atomic E-state index is 12.8. The predicted molar refractivity (Wildman–Crippen MR) is 120 cm³/mol. The zero-order chi connectivity index (χ0) is 22.6. The van der Waals surface area contributed by atoms with Crippen molar-refractivity contribution in [1.82, 2.24) is 19.5 Å². The highest BCUT2D eigenvalue weighted by Gasteiger charge is 2.36. The van der Waals surface area contributed by atoms with Gasteiger partial charge in [-0.3, -0.25) is 4.98 Å². The van der Waals surface area contributed by atoms with Crippen molar-refractivity contribution in [2.24, 2.45) is 5.92 Å². The van der Waals surface area contributed by atoms with Gasteiger partial charge in [0.1, 0.15) is 0 Å². The fourth-order valence-electron chi connectivity index (χ4n) is 3.98. The standard InChI is InChI=1S/C23H30N4O4S/c1-2-10-31-11-8-19-14-27(15-19)32(29,30)22-5-3-18(4-6-22)12-25-23(28)26-16-20-7-9-24-13-21(20)17-26/h3-7,9,13,19H,2,8,10-12,14-17H2,1H3,(H,25,28). The molecule has 3 heterocycles. The number of carbonyl (C=O) groups is 1. The van der Waals surface area contributed by atoms with E-state index < -0.39 is 10.0 Å². The van der Waals surface area contributed by atoms with Gasteiger partial charge < -0.3 is 15.0 Å². The summed E-state index contributed by atoms with van der Waals surface area (Å²) in [5, 5.41) is 2.91. The van der Waals surface area contributed by atoms with Crippen LogP contribution in [-0.2, 0) is 34.4 Å². The van der Waals surface area contributed by atoms with Crippen LogP contribution in [0, 0.1) is 5.92 Å². The van der Waals surface area contributed by atoms with E-state index in [0.717, 1.165) is 36.1 Å². The van der Waals surface area contributed by atoms with Crippen molar-refractivity contribution in [3.8, 4) is 0 Å². The summed E-state index contributed by atoms with van der Waals surface area (Å²) in [5.41, 5.74) is 3.04. The lowest BCUT2D eigenvalue weighted by molar-refractivity contribution is 0.0926.